The second-order valence-electron chi connectivity index (χ2n) is 5.85. The molecular formula is C19H12O7. The summed E-state index contributed by atoms with van der Waals surface area (Å²) < 4.78 is 26.6. The second kappa shape index (κ2) is 5.52. The fraction of sp³-hybridized carbons (Fsp3) is 0.158. The third kappa shape index (κ3) is 2.21. The third-order valence-electron chi connectivity index (χ3n) is 4.34. The minimum atomic E-state index is -0.696. The number of fused-ring (bicyclic) bond motifs is 2. The number of rotatable bonds is 2. The van der Waals surface area contributed by atoms with Crippen molar-refractivity contribution in [3.63, 3.8) is 0 Å². The molecule has 7 heteroatoms. The maximum atomic E-state index is 12.3. The van der Waals surface area contributed by atoms with Crippen molar-refractivity contribution < 1.29 is 33.3 Å². The highest BCUT2D eigenvalue weighted by molar-refractivity contribution is 6.44. The maximum absolute atomic E-state index is 12.3. The predicted octanol–water partition coefficient (Wildman–Crippen LogP) is 2.18. The Balaban J connectivity index is 1.66. The van der Waals surface area contributed by atoms with Gasteiger partial charge < -0.3 is 23.7 Å². The van der Waals surface area contributed by atoms with Crippen molar-refractivity contribution in [1.29, 1.82) is 0 Å². The molecule has 2 aromatic carbocycles. The van der Waals surface area contributed by atoms with Gasteiger partial charge in [0, 0.05) is 0 Å². The summed E-state index contributed by atoms with van der Waals surface area (Å²) in [5.41, 5.74) is 1.42. The number of carbonyl (C=O) groups excluding carboxylic acids is 2. The quantitative estimate of drug-likeness (QED) is 0.605. The molecule has 0 saturated carbocycles. The molecule has 0 saturated heterocycles. The van der Waals surface area contributed by atoms with Crippen LogP contribution < -0.4 is 18.9 Å². The molecule has 7 nitrogen and oxygen atoms in total. The normalized spacial score (nSPS) is 17.5. The van der Waals surface area contributed by atoms with Gasteiger partial charge in [0.25, 0.3) is 0 Å². The lowest BCUT2D eigenvalue weighted by Crippen LogP contribution is -2.15. The van der Waals surface area contributed by atoms with Gasteiger partial charge in [0.2, 0.25) is 6.79 Å². The molecule has 3 heterocycles. The highest BCUT2D eigenvalue weighted by Crippen LogP contribution is 2.41. The van der Waals surface area contributed by atoms with E-state index in [4.69, 9.17) is 23.7 Å². The molecule has 26 heavy (non-hydrogen) atoms. The number of hydrogen-bond donors (Lipinski definition) is 0. The maximum Gasteiger partial charge on any atom is 0.347 e. The zero-order valence-electron chi connectivity index (χ0n) is 13.4. The molecule has 0 fully saturated rings. The molecule has 130 valence electrons. The minimum absolute atomic E-state index is 0.121. The van der Waals surface area contributed by atoms with Crippen molar-refractivity contribution >= 4 is 23.1 Å². The summed E-state index contributed by atoms with van der Waals surface area (Å²) in [7, 11) is 0. The largest absolute Gasteiger partial charge is 0.486 e. The molecule has 3 aliphatic rings. The molecular weight excluding hydrogens is 340 g/mol. The molecule has 0 bridgehead atoms. The van der Waals surface area contributed by atoms with Gasteiger partial charge >= 0.3 is 11.9 Å². The summed E-state index contributed by atoms with van der Waals surface area (Å²) in [6.07, 6.45) is 0. The Kier molecular flexibility index (Phi) is 3.15. The van der Waals surface area contributed by atoms with Crippen LogP contribution in [-0.4, -0.2) is 31.9 Å². The van der Waals surface area contributed by atoms with Gasteiger partial charge in [-0.15, -0.1) is 0 Å². The number of esters is 2. The van der Waals surface area contributed by atoms with Gasteiger partial charge in [0.15, 0.2) is 23.0 Å². The van der Waals surface area contributed by atoms with Crippen LogP contribution in [0.5, 0.6) is 23.0 Å². The number of carbonyl (C=O) groups is 2. The second-order valence-corrected chi connectivity index (χ2v) is 5.85. The third-order valence-corrected chi connectivity index (χ3v) is 4.34. The summed E-state index contributed by atoms with van der Waals surface area (Å²) >= 11 is 0. The molecule has 0 atom stereocenters. The zero-order chi connectivity index (χ0) is 17.7. The van der Waals surface area contributed by atoms with Crippen molar-refractivity contribution in [3.05, 3.63) is 47.5 Å². The zero-order valence-corrected chi connectivity index (χ0v) is 13.4. The molecule has 3 aliphatic heterocycles. The van der Waals surface area contributed by atoms with Crippen LogP contribution in [0.25, 0.3) is 11.1 Å². The van der Waals surface area contributed by atoms with E-state index < -0.39 is 11.9 Å². The average Bonchev–Trinajstić information content (AvgIpc) is 3.24. The molecule has 5 rings (SSSR count). The van der Waals surface area contributed by atoms with Gasteiger partial charge in [0.1, 0.15) is 13.2 Å². The van der Waals surface area contributed by atoms with Crippen molar-refractivity contribution in [1.82, 2.24) is 0 Å². The van der Waals surface area contributed by atoms with E-state index in [0.717, 1.165) is 0 Å². The van der Waals surface area contributed by atoms with Crippen LogP contribution in [0.3, 0.4) is 0 Å². The summed E-state index contributed by atoms with van der Waals surface area (Å²) in [6, 6.07) is 10.1. The van der Waals surface area contributed by atoms with Crippen LogP contribution in [0.15, 0.2) is 36.4 Å². The first-order chi connectivity index (χ1) is 12.7. The van der Waals surface area contributed by atoms with Gasteiger partial charge in [-0.3, -0.25) is 0 Å². The number of benzene rings is 2. The lowest BCUT2D eigenvalue weighted by molar-refractivity contribution is -0.149. The molecule has 0 radical (unpaired) electrons. The van der Waals surface area contributed by atoms with Crippen LogP contribution in [0.4, 0.5) is 0 Å². The van der Waals surface area contributed by atoms with Gasteiger partial charge in [-0.05, 0) is 35.4 Å². The minimum Gasteiger partial charge on any atom is -0.486 e. The van der Waals surface area contributed by atoms with E-state index in [1.54, 1.807) is 36.4 Å². The van der Waals surface area contributed by atoms with Gasteiger partial charge in [0.05, 0.1) is 11.1 Å². The topological polar surface area (TPSA) is 80.3 Å². The molecule has 0 N–H and O–H groups in total. The Bertz CT molecular complexity index is 989. The van der Waals surface area contributed by atoms with E-state index in [9.17, 15) is 9.59 Å². The number of hydrogen-bond acceptors (Lipinski definition) is 7. The van der Waals surface area contributed by atoms with Crippen molar-refractivity contribution in [2.24, 2.45) is 0 Å². The molecule has 0 unspecified atom stereocenters. The molecule has 2 aromatic rings. The first-order valence-electron chi connectivity index (χ1n) is 8.01. The summed E-state index contributed by atoms with van der Waals surface area (Å²) in [5.74, 6) is 0.844. The Labute approximate surface area is 147 Å². The molecule has 0 amide bonds. The summed E-state index contributed by atoms with van der Waals surface area (Å²) in [5, 5.41) is 0. The monoisotopic (exact) mass is 352 g/mol. The molecule has 0 aromatic heterocycles. The summed E-state index contributed by atoms with van der Waals surface area (Å²) in [6.45, 7) is 1.02. The van der Waals surface area contributed by atoms with E-state index in [0.29, 0.717) is 47.3 Å². The number of cyclic esters (lactones) is 2. The van der Waals surface area contributed by atoms with Crippen LogP contribution >= 0.6 is 0 Å². The first-order valence-corrected chi connectivity index (χ1v) is 8.01. The first kappa shape index (κ1) is 14.8. The van der Waals surface area contributed by atoms with Crippen LogP contribution in [0.2, 0.25) is 0 Å². The van der Waals surface area contributed by atoms with Crippen LogP contribution in [-0.2, 0) is 14.3 Å². The van der Waals surface area contributed by atoms with Crippen LogP contribution in [0.1, 0.15) is 11.1 Å². The lowest BCUT2D eigenvalue weighted by atomic mass is 9.95. The Morgan fingerprint density at radius 3 is 1.77 bits per heavy atom. The highest BCUT2D eigenvalue weighted by atomic mass is 16.7. The van der Waals surface area contributed by atoms with E-state index >= 15 is 0 Å². The van der Waals surface area contributed by atoms with E-state index in [2.05, 4.69) is 0 Å². The van der Waals surface area contributed by atoms with Gasteiger partial charge in [-0.1, -0.05) is 12.1 Å². The smallest absolute Gasteiger partial charge is 0.347 e. The van der Waals surface area contributed by atoms with Crippen molar-refractivity contribution in [3.8, 4) is 23.0 Å². The van der Waals surface area contributed by atoms with Crippen molar-refractivity contribution in [2.75, 3.05) is 20.0 Å². The Morgan fingerprint density at radius 2 is 1.12 bits per heavy atom. The molecule has 0 spiro atoms. The lowest BCUT2D eigenvalue weighted by Gasteiger charge is -2.18. The highest BCUT2D eigenvalue weighted by Gasteiger charge is 2.36. The predicted molar refractivity (Wildman–Crippen MR) is 87.9 cm³/mol. The van der Waals surface area contributed by atoms with E-state index in [-0.39, 0.29) is 17.9 Å². The van der Waals surface area contributed by atoms with Gasteiger partial charge in [-0.25, -0.2) is 9.59 Å². The standard InChI is InChI=1S/C19H12O7/c20-18-16(10-1-3-12-14(7-10)23-6-5-22-12)17(19(21)26-18)11-2-4-13-15(8-11)25-9-24-13/h1-4,7-8H,5-6,9H2. The van der Waals surface area contributed by atoms with Gasteiger partial charge in [-0.2, -0.15) is 0 Å². The fourth-order valence-corrected chi connectivity index (χ4v) is 3.17. The Hall–Kier alpha value is -3.48. The fourth-order valence-electron chi connectivity index (χ4n) is 3.17. The van der Waals surface area contributed by atoms with E-state index in [1.807, 2.05) is 0 Å². The van der Waals surface area contributed by atoms with Crippen LogP contribution in [0, 0.1) is 0 Å². The number of ether oxygens (including phenoxy) is 5. The Morgan fingerprint density at radius 1 is 0.615 bits per heavy atom. The van der Waals surface area contributed by atoms with Crippen molar-refractivity contribution in [2.45, 2.75) is 0 Å². The molecule has 0 aliphatic carbocycles. The summed E-state index contributed by atoms with van der Waals surface area (Å²) in [4.78, 5) is 24.7. The SMILES string of the molecule is O=C1OC(=O)C(c2ccc3c(c2)OCO3)=C1c1ccc2c(c1)OCCO2. The average molecular weight is 352 g/mol. The van der Waals surface area contributed by atoms with E-state index in [1.165, 1.54) is 0 Å².